The van der Waals surface area contributed by atoms with Gasteiger partial charge in [0.2, 0.25) is 0 Å². The van der Waals surface area contributed by atoms with Gasteiger partial charge in [-0.1, -0.05) is 19.9 Å². The molecule has 1 aliphatic heterocycles. The molecule has 1 atom stereocenters. The molecule has 0 amide bonds. The van der Waals surface area contributed by atoms with Gasteiger partial charge in [-0.15, -0.1) is 0 Å². The third kappa shape index (κ3) is 5.13. The van der Waals surface area contributed by atoms with E-state index in [1.54, 1.807) is 7.11 Å². The third-order valence-electron chi connectivity index (χ3n) is 4.06. The topological polar surface area (TPSA) is 59.0 Å². The lowest BCUT2D eigenvalue weighted by Gasteiger charge is -2.30. The van der Waals surface area contributed by atoms with Gasteiger partial charge in [0.05, 0.1) is 19.6 Å². The summed E-state index contributed by atoms with van der Waals surface area (Å²) in [6, 6.07) is 5.96. The average molecular weight is 321 g/mol. The second-order valence-corrected chi connectivity index (χ2v) is 6.60. The van der Waals surface area contributed by atoms with Crippen LogP contribution in [-0.4, -0.2) is 42.8 Å². The van der Waals surface area contributed by atoms with E-state index in [4.69, 9.17) is 9.47 Å². The number of ether oxygens (including phenoxy) is 2. The second kappa shape index (κ2) is 8.20. The van der Waals surface area contributed by atoms with Gasteiger partial charge in [0.15, 0.2) is 11.5 Å². The fraction of sp³-hybridized carbons (Fsp3) is 0.611. The molecule has 5 heteroatoms. The minimum Gasteiger partial charge on any atom is -0.493 e. The third-order valence-corrected chi connectivity index (χ3v) is 4.06. The van der Waals surface area contributed by atoms with Crippen LogP contribution in [0.2, 0.25) is 0 Å². The maximum absolute atomic E-state index is 11.2. The van der Waals surface area contributed by atoms with Gasteiger partial charge >= 0.3 is 5.97 Å². The number of nitrogens with zero attached hydrogens (tertiary/aromatic N) is 1. The summed E-state index contributed by atoms with van der Waals surface area (Å²) >= 11 is 0. The number of carboxylic acid groups (broad SMARTS) is 1. The van der Waals surface area contributed by atoms with E-state index in [2.05, 4.69) is 18.7 Å². The number of likely N-dealkylation sites (tertiary alicyclic amines) is 1. The summed E-state index contributed by atoms with van der Waals surface area (Å²) in [7, 11) is 1.64. The van der Waals surface area contributed by atoms with Crippen molar-refractivity contribution >= 4 is 5.97 Å². The Hall–Kier alpha value is -1.75. The van der Waals surface area contributed by atoms with Crippen LogP contribution >= 0.6 is 0 Å². The van der Waals surface area contributed by atoms with E-state index in [9.17, 15) is 9.90 Å². The molecule has 128 valence electrons. The van der Waals surface area contributed by atoms with Gasteiger partial charge in [-0.05, 0) is 43.0 Å². The molecule has 1 aliphatic rings. The van der Waals surface area contributed by atoms with Crippen molar-refractivity contribution in [2.75, 3.05) is 26.8 Å². The van der Waals surface area contributed by atoms with E-state index in [0.717, 1.165) is 43.0 Å². The highest BCUT2D eigenvalue weighted by Gasteiger charge is 2.25. The molecular formula is C18H27NO4. The smallest absolute Gasteiger partial charge is 0.307 e. The summed E-state index contributed by atoms with van der Waals surface area (Å²) in [5, 5.41) is 9.18. The molecule has 0 bridgehead atoms. The van der Waals surface area contributed by atoms with Crippen LogP contribution in [0.3, 0.4) is 0 Å². The first-order valence-corrected chi connectivity index (χ1v) is 8.24. The molecule has 23 heavy (non-hydrogen) atoms. The number of benzene rings is 1. The number of carboxylic acids is 1. The van der Waals surface area contributed by atoms with Crippen LogP contribution in [0.25, 0.3) is 0 Å². The van der Waals surface area contributed by atoms with E-state index in [0.29, 0.717) is 19.1 Å². The lowest BCUT2D eigenvalue weighted by Crippen LogP contribution is -2.38. The monoisotopic (exact) mass is 321 g/mol. The maximum Gasteiger partial charge on any atom is 0.307 e. The predicted molar refractivity (Wildman–Crippen MR) is 89.0 cm³/mol. The van der Waals surface area contributed by atoms with Crippen molar-refractivity contribution in [2.24, 2.45) is 11.8 Å². The van der Waals surface area contributed by atoms with Crippen LogP contribution in [0, 0.1) is 11.8 Å². The first kappa shape index (κ1) is 17.6. The zero-order valence-corrected chi connectivity index (χ0v) is 14.2. The summed E-state index contributed by atoms with van der Waals surface area (Å²) in [5.41, 5.74) is 1.12. The number of carbonyl (C=O) groups is 1. The maximum atomic E-state index is 11.2. The summed E-state index contributed by atoms with van der Waals surface area (Å²) in [5.74, 6) is 1.01. The van der Waals surface area contributed by atoms with Crippen LogP contribution in [0.5, 0.6) is 11.5 Å². The van der Waals surface area contributed by atoms with Gasteiger partial charge in [-0.3, -0.25) is 9.69 Å². The first-order chi connectivity index (χ1) is 11.0. The molecule has 1 aromatic rings. The molecule has 0 aromatic heterocycles. The van der Waals surface area contributed by atoms with Crippen molar-refractivity contribution in [3.05, 3.63) is 23.8 Å². The second-order valence-electron chi connectivity index (χ2n) is 6.60. The van der Waals surface area contributed by atoms with Crippen molar-refractivity contribution < 1.29 is 19.4 Å². The molecule has 0 radical (unpaired) electrons. The van der Waals surface area contributed by atoms with E-state index < -0.39 is 5.97 Å². The van der Waals surface area contributed by atoms with Gasteiger partial charge in [0, 0.05) is 13.1 Å². The van der Waals surface area contributed by atoms with Crippen LogP contribution in [0.15, 0.2) is 18.2 Å². The Morgan fingerprint density at radius 2 is 2.17 bits per heavy atom. The van der Waals surface area contributed by atoms with Crippen molar-refractivity contribution in [3.63, 3.8) is 0 Å². The van der Waals surface area contributed by atoms with Crippen molar-refractivity contribution in [1.29, 1.82) is 0 Å². The van der Waals surface area contributed by atoms with E-state index in [1.165, 1.54) is 0 Å². The lowest BCUT2D eigenvalue weighted by molar-refractivity contribution is -0.143. The number of piperidine rings is 1. The van der Waals surface area contributed by atoms with Crippen LogP contribution in [-0.2, 0) is 11.3 Å². The minimum absolute atomic E-state index is 0.251. The number of methoxy groups -OCH3 is 1. The zero-order chi connectivity index (χ0) is 16.8. The predicted octanol–water partition coefficient (Wildman–Crippen LogP) is 3.03. The van der Waals surface area contributed by atoms with Crippen LogP contribution in [0.1, 0.15) is 32.3 Å². The van der Waals surface area contributed by atoms with Crippen molar-refractivity contribution in [3.8, 4) is 11.5 Å². The lowest BCUT2D eigenvalue weighted by atomic mass is 9.98. The van der Waals surface area contributed by atoms with Gasteiger partial charge in [0.25, 0.3) is 0 Å². The Morgan fingerprint density at radius 3 is 2.83 bits per heavy atom. The van der Waals surface area contributed by atoms with Crippen molar-refractivity contribution in [1.82, 2.24) is 4.90 Å². The van der Waals surface area contributed by atoms with E-state index in [1.807, 2.05) is 18.2 Å². The summed E-state index contributed by atoms with van der Waals surface area (Å²) < 4.78 is 11.2. The Labute approximate surface area is 138 Å². The Morgan fingerprint density at radius 1 is 1.39 bits per heavy atom. The number of hydrogen-bond donors (Lipinski definition) is 1. The normalized spacial score (nSPS) is 18.9. The van der Waals surface area contributed by atoms with Crippen LogP contribution in [0.4, 0.5) is 0 Å². The highest BCUT2D eigenvalue weighted by Crippen LogP contribution is 2.29. The zero-order valence-electron chi connectivity index (χ0n) is 14.2. The highest BCUT2D eigenvalue weighted by molar-refractivity contribution is 5.70. The minimum atomic E-state index is -0.690. The standard InChI is InChI=1S/C18H27NO4/c1-13(2)12-23-16-7-6-14(9-17(16)22-3)10-19-8-4-5-15(11-19)18(20)21/h6-7,9,13,15H,4-5,8,10-12H2,1-3H3,(H,20,21). The fourth-order valence-electron chi connectivity index (χ4n) is 2.84. The van der Waals surface area contributed by atoms with Gasteiger partial charge in [-0.25, -0.2) is 0 Å². The van der Waals surface area contributed by atoms with Gasteiger partial charge in [-0.2, -0.15) is 0 Å². The Balaban J connectivity index is 2.01. The molecule has 1 heterocycles. The molecule has 2 rings (SSSR count). The van der Waals surface area contributed by atoms with E-state index in [-0.39, 0.29) is 5.92 Å². The summed E-state index contributed by atoms with van der Waals surface area (Å²) in [6.07, 6.45) is 1.71. The van der Waals surface area contributed by atoms with E-state index >= 15 is 0 Å². The molecule has 0 aliphatic carbocycles. The summed E-state index contributed by atoms with van der Waals surface area (Å²) in [4.78, 5) is 13.4. The fourth-order valence-corrected chi connectivity index (χ4v) is 2.84. The number of rotatable bonds is 7. The molecule has 1 N–H and O–H groups in total. The molecule has 0 spiro atoms. The molecule has 1 unspecified atom stereocenters. The Kier molecular flexibility index (Phi) is 6.28. The molecule has 5 nitrogen and oxygen atoms in total. The van der Waals surface area contributed by atoms with Gasteiger partial charge in [0.1, 0.15) is 0 Å². The molecule has 1 aromatic carbocycles. The number of aliphatic carboxylic acids is 1. The molecular weight excluding hydrogens is 294 g/mol. The van der Waals surface area contributed by atoms with Gasteiger partial charge < -0.3 is 14.6 Å². The largest absolute Gasteiger partial charge is 0.493 e. The Bertz CT molecular complexity index is 530. The molecule has 0 saturated carbocycles. The molecule has 1 fully saturated rings. The van der Waals surface area contributed by atoms with Crippen LogP contribution < -0.4 is 9.47 Å². The quantitative estimate of drug-likeness (QED) is 0.836. The molecule has 1 saturated heterocycles. The number of hydrogen-bond acceptors (Lipinski definition) is 4. The SMILES string of the molecule is COc1cc(CN2CCCC(C(=O)O)C2)ccc1OCC(C)C. The van der Waals surface area contributed by atoms with Crippen molar-refractivity contribution in [2.45, 2.75) is 33.2 Å². The average Bonchev–Trinajstić information content (AvgIpc) is 2.53. The summed E-state index contributed by atoms with van der Waals surface area (Å²) in [6.45, 7) is 7.17. The highest BCUT2D eigenvalue weighted by atomic mass is 16.5. The first-order valence-electron chi connectivity index (χ1n) is 8.24.